The monoisotopic (exact) mass is 327 g/mol. The van der Waals surface area contributed by atoms with E-state index < -0.39 is 0 Å². The van der Waals surface area contributed by atoms with Gasteiger partial charge in [-0.25, -0.2) is 4.98 Å². The van der Waals surface area contributed by atoms with E-state index in [1.54, 1.807) is 5.69 Å². The van der Waals surface area contributed by atoms with E-state index in [1.807, 2.05) is 17.9 Å². The zero-order valence-electron chi connectivity index (χ0n) is 15.0. The summed E-state index contributed by atoms with van der Waals surface area (Å²) >= 11 is 0. The average molecular weight is 327 g/mol. The Bertz CT molecular complexity index is 699. The first-order valence-electron chi connectivity index (χ1n) is 9.47. The summed E-state index contributed by atoms with van der Waals surface area (Å²) in [5.74, 6) is 1.24. The van der Waals surface area contributed by atoms with Gasteiger partial charge in [-0.15, -0.1) is 0 Å². The van der Waals surface area contributed by atoms with Crippen LogP contribution in [-0.2, 0) is 26.3 Å². The first-order valence-corrected chi connectivity index (χ1v) is 9.47. The van der Waals surface area contributed by atoms with Crippen molar-refractivity contribution < 1.29 is 0 Å². The van der Waals surface area contributed by atoms with Crippen LogP contribution in [0.2, 0.25) is 0 Å². The molecule has 1 fully saturated rings. The number of aromatic nitrogens is 4. The summed E-state index contributed by atoms with van der Waals surface area (Å²) in [6.45, 7) is 5.81. The minimum Gasteiger partial charge on any atom is -0.328 e. The average Bonchev–Trinajstić information content (AvgIpc) is 3.26. The SMILES string of the molecule is Cc1nc2c(n1[C@@H]1CCN(CCCc3cnn(C)c3)C1)CCCC2. The summed E-state index contributed by atoms with van der Waals surface area (Å²) in [4.78, 5) is 7.49. The van der Waals surface area contributed by atoms with Gasteiger partial charge in [-0.05, 0) is 64.0 Å². The molecule has 5 nitrogen and oxygen atoms in total. The van der Waals surface area contributed by atoms with Crippen molar-refractivity contribution in [3.05, 3.63) is 35.2 Å². The van der Waals surface area contributed by atoms with Crippen LogP contribution >= 0.6 is 0 Å². The number of likely N-dealkylation sites (tertiary alicyclic amines) is 1. The molecule has 2 aromatic rings. The van der Waals surface area contributed by atoms with Crippen LogP contribution in [0.5, 0.6) is 0 Å². The van der Waals surface area contributed by atoms with Gasteiger partial charge >= 0.3 is 0 Å². The highest BCUT2D eigenvalue weighted by molar-refractivity contribution is 5.21. The summed E-state index contributed by atoms with van der Waals surface area (Å²) in [5, 5.41) is 4.26. The number of hydrogen-bond acceptors (Lipinski definition) is 3. The van der Waals surface area contributed by atoms with Crippen LogP contribution in [0.25, 0.3) is 0 Å². The molecule has 0 spiro atoms. The van der Waals surface area contributed by atoms with E-state index >= 15 is 0 Å². The van der Waals surface area contributed by atoms with Gasteiger partial charge < -0.3 is 9.47 Å². The second-order valence-electron chi connectivity index (χ2n) is 7.50. The van der Waals surface area contributed by atoms with Gasteiger partial charge in [0.1, 0.15) is 5.82 Å². The Hall–Kier alpha value is -1.62. The molecule has 3 heterocycles. The third kappa shape index (κ3) is 3.14. The van der Waals surface area contributed by atoms with Gasteiger partial charge in [-0.2, -0.15) is 5.10 Å². The molecule has 0 radical (unpaired) electrons. The molecule has 0 N–H and O–H groups in total. The molecule has 130 valence electrons. The van der Waals surface area contributed by atoms with Crippen LogP contribution in [0.3, 0.4) is 0 Å². The molecular formula is C19H29N5. The fraction of sp³-hybridized carbons (Fsp3) is 0.684. The van der Waals surface area contributed by atoms with Crippen molar-refractivity contribution >= 4 is 0 Å². The van der Waals surface area contributed by atoms with Crippen molar-refractivity contribution in [3.63, 3.8) is 0 Å². The number of rotatable bonds is 5. The molecule has 0 saturated carbocycles. The minimum atomic E-state index is 0.637. The molecule has 2 aliphatic rings. The molecular weight excluding hydrogens is 298 g/mol. The fourth-order valence-corrected chi connectivity index (χ4v) is 4.52. The molecule has 4 rings (SSSR count). The minimum absolute atomic E-state index is 0.637. The molecule has 1 aliphatic carbocycles. The standard InChI is InChI=1S/C19H29N5/c1-15-21-18-7-3-4-8-19(18)24(15)17-9-11-23(14-17)10-5-6-16-12-20-22(2)13-16/h12-13,17H,3-11,14H2,1-2H3/t17-/m1/s1. The van der Waals surface area contributed by atoms with Crippen molar-refractivity contribution in [2.45, 2.75) is 57.9 Å². The lowest BCUT2D eigenvalue weighted by Crippen LogP contribution is -2.24. The Balaban J connectivity index is 1.34. The second-order valence-corrected chi connectivity index (χ2v) is 7.50. The largest absolute Gasteiger partial charge is 0.328 e. The maximum absolute atomic E-state index is 4.86. The van der Waals surface area contributed by atoms with E-state index in [1.165, 1.54) is 75.2 Å². The van der Waals surface area contributed by atoms with Crippen LogP contribution in [-0.4, -0.2) is 43.9 Å². The lowest BCUT2D eigenvalue weighted by atomic mass is 10.0. The maximum Gasteiger partial charge on any atom is 0.106 e. The molecule has 0 unspecified atom stereocenters. The molecule has 0 amide bonds. The summed E-state index contributed by atoms with van der Waals surface area (Å²) in [7, 11) is 1.99. The number of aryl methyl sites for hydroxylation is 4. The Morgan fingerprint density at radius 2 is 2.12 bits per heavy atom. The molecule has 0 bridgehead atoms. The van der Waals surface area contributed by atoms with Crippen molar-refractivity contribution in [3.8, 4) is 0 Å². The zero-order valence-corrected chi connectivity index (χ0v) is 15.0. The molecule has 1 atom stereocenters. The summed E-state index contributed by atoms with van der Waals surface area (Å²) < 4.78 is 4.47. The Morgan fingerprint density at radius 1 is 1.25 bits per heavy atom. The van der Waals surface area contributed by atoms with Gasteiger partial charge in [-0.1, -0.05) is 0 Å². The Kier molecular flexibility index (Phi) is 4.44. The van der Waals surface area contributed by atoms with Crippen LogP contribution in [0.1, 0.15) is 54.5 Å². The fourth-order valence-electron chi connectivity index (χ4n) is 4.52. The van der Waals surface area contributed by atoms with Crippen LogP contribution < -0.4 is 0 Å². The van der Waals surface area contributed by atoms with Crippen LogP contribution in [0, 0.1) is 6.92 Å². The van der Waals surface area contributed by atoms with Crippen LogP contribution in [0.4, 0.5) is 0 Å². The third-order valence-corrected chi connectivity index (χ3v) is 5.66. The number of hydrogen-bond donors (Lipinski definition) is 0. The molecule has 1 aliphatic heterocycles. The third-order valence-electron chi connectivity index (χ3n) is 5.66. The molecule has 1 saturated heterocycles. The highest BCUT2D eigenvalue weighted by Gasteiger charge is 2.28. The zero-order chi connectivity index (χ0) is 16.5. The van der Waals surface area contributed by atoms with Crippen molar-refractivity contribution in [2.24, 2.45) is 7.05 Å². The van der Waals surface area contributed by atoms with Gasteiger partial charge in [0.15, 0.2) is 0 Å². The van der Waals surface area contributed by atoms with E-state index in [9.17, 15) is 0 Å². The normalized spacial score (nSPS) is 21.3. The quantitative estimate of drug-likeness (QED) is 0.847. The number of nitrogens with zero attached hydrogens (tertiary/aromatic N) is 5. The Morgan fingerprint density at radius 3 is 2.96 bits per heavy atom. The van der Waals surface area contributed by atoms with Crippen molar-refractivity contribution in [1.82, 2.24) is 24.2 Å². The van der Waals surface area contributed by atoms with E-state index in [0.29, 0.717) is 6.04 Å². The first kappa shape index (κ1) is 15.9. The summed E-state index contributed by atoms with van der Waals surface area (Å²) in [5.41, 5.74) is 4.28. The highest BCUT2D eigenvalue weighted by Crippen LogP contribution is 2.30. The van der Waals surface area contributed by atoms with E-state index in [-0.39, 0.29) is 0 Å². The Labute approximate surface area is 144 Å². The molecule has 2 aromatic heterocycles. The molecule has 24 heavy (non-hydrogen) atoms. The van der Waals surface area contributed by atoms with Crippen molar-refractivity contribution in [2.75, 3.05) is 19.6 Å². The number of fused-ring (bicyclic) bond motifs is 1. The predicted molar refractivity (Wildman–Crippen MR) is 95.2 cm³/mol. The van der Waals surface area contributed by atoms with Gasteiger partial charge in [-0.3, -0.25) is 4.68 Å². The second kappa shape index (κ2) is 6.71. The van der Waals surface area contributed by atoms with E-state index in [0.717, 1.165) is 6.42 Å². The van der Waals surface area contributed by atoms with Gasteiger partial charge in [0, 0.05) is 38.1 Å². The molecule has 5 heteroatoms. The number of imidazole rings is 1. The topological polar surface area (TPSA) is 38.9 Å². The molecule has 0 aromatic carbocycles. The highest BCUT2D eigenvalue weighted by atomic mass is 15.2. The van der Waals surface area contributed by atoms with Gasteiger partial charge in [0.25, 0.3) is 0 Å². The predicted octanol–water partition coefficient (Wildman–Crippen LogP) is 2.68. The summed E-state index contributed by atoms with van der Waals surface area (Å²) in [6, 6.07) is 0.637. The lowest BCUT2D eigenvalue weighted by molar-refractivity contribution is 0.317. The van der Waals surface area contributed by atoms with Crippen LogP contribution in [0.15, 0.2) is 12.4 Å². The van der Waals surface area contributed by atoms with E-state index in [2.05, 4.69) is 27.7 Å². The van der Waals surface area contributed by atoms with Gasteiger partial charge in [0.05, 0.1) is 11.9 Å². The van der Waals surface area contributed by atoms with Crippen molar-refractivity contribution in [1.29, 1.82) is 0 Å². The smallest absolute Gasteiger partial charge is 0.106 e. The van der Waals surface area contributed by atoms with Gasteiger partial charge in [0.2, 0.25) is 0 Å². The van der Waals surface area contributed by atoms with E-state index in [4.69, 9.17) is 4.98 Å². The lowest BCUT2D eigenvalue weighted by Gasteiger charge is -2.21. The first-order chi connectivity index (χ1) is 11.7. The summed E-state index contributed by atoms with van der Waals surface area (Å²) in [6.07, 6.45) is 12.8. The maximum atomic E-state index is 4.86.